The van der Waals surface area contributed by atoms with E-state index in [-0.39, 0.29) is 35.5 Å². The Morgan fingerprint density at radius 2 is 1.67 bits per heavy atom. The highest BCUT2D eigenvalue weighted by Crippen LogP contribution is 2.27. The monoisotopic (exact) mass is 417 g/mol. The van der Waals surface area contributed by atoms with Crippen molar-refractivity contribution in [1.29, 1.82) is 0 Å². The number of rotatable bonds is 9. The fourth-order valence-corrected chi connectivity index (χ4v) is 3.94. The molecule has 30 heavy (non-hydrogen) atoms. The molecular formula is C23H35N3O4. The molecule has 1 fully saturated rings. The zero-order valence-electron chi connectivity index (χ0n) is 18.8. The molecule has 0 radical (unpaired) electrons. The summed E-state index contributed by atoms with van der Waals surface area (Å²) in [5.74, 6) is -0.448. The first-order chi connectivity index (χ1) is 14.1. The molecule has 2 rings (SSSR count). The summed E-state index contributed by atoms with van der Waals surface area (Å²) in [6, 6.07) is -0.862. The third-order valence-electron chi connectivity index (χ3n) is 5.92. The average Bonchev–Trinajstić information content (AvgIpc) is 3.23. The lowest BCUT2D eigenvalue weighted by Gasteiger charge is -2.22. The summed E-state index contributed by atoms with van der Waals surface area (Å²) in [5, 5.41) is 8.91. The van der Waals surface area contributed by atoms with Crippen molar-refractivity contribution in [2.45, 2.75) is 91.3 Å². The van der Waals surface area contributed by atoms with Crippen LogP contribution in [0.4, 0.5) is 0 Å². The number of unbranched alkanes of at least 4 members (excludes halogenated alkanes) is 1. The van der Waals surface area contributed by atoms with Gasteiger partial charge in [0.25, 0.3) is 0 Å². The number of nitrogens with one attached hydrogen (secondary N) is 3. The second-order valence-corrected chi connectivity index (χ2v) is 8.63. The molecule has 1 aliphatic heterocycles. The maximum atomic E-state index is 12.6. The zero-order chi connectivity index (χ0) is 22.4. The molecule has 1 heterocycles. The van der Waals surface area contributed by atoms with Crippen molar-refractivity contribution in [3.05, 3.63) is 22.3 Å². The molecule has 0 aromatic rings. The van der Waals surface area contributed by atoms with Crippen LogP contribution < -0.4 is 16.0 Å². The SMILES string of the molecule is CC1=C(C)C(=O)C(CCCC[C@H](NC(=O)[C@@H]2CCCN2)C(=O)NC(C)C)=C(C)C1=O. The van der Waals surface area contributed by atoms with Crippen LogP contribution in [0.3, 0.4) is 0 Å². The number of allylic oxidation sites excluding steroid dienone is 4. The van der Waals surface area contributed by atoms with Crippen molar-refractivity contribution >= 4 is 23.4 Å². The Balaban J connectivity index is 1.94. The molecule has 0 bridgehead atoms. The number of carbonyl (C=O) groups excluding carboxylic acids is 4. The second-order valence-electron chi connectivity index (χ2n) is 8.63. The van der Waals surface area contributed by atoms with E-state index in [4.69, 9.17) is 0 Å². The lowest BCUT2D eigenvalue weighted by Crippen LogP contribution is -2.52. The maximum absolute atomic E-state index is 12.6. The van der Waals surface area contributed by atoms with Crippen molar-refractivity contribution in [3.63, 3.8) is 0 Å². The molecule has 3 N–H and O–H groups in total. The van der Waals surface area contributed by atoms with Gasteiger partial charge in [0, 0.05) is 28.3 Å². The minimum atomic E-state index is -0.607. The fraction of sp³-hybridized carbons (Fsp3) is 0.652. The quantitative estimate of drug-likeness (QED) is 0.394. The van der Waals surface area contributed by atoms with E-state index in [1.807, 2.05) is 13.8 Å². The van der Waals surface area contributed by atoms with Crippen LogP contribution in [0, 0.1) is 0 Å². The number of amides is 2. The Bertz CT molecular complexity index is 773. The van der Waals surface area contributed by atoms with Crippen LogP contribution in [-0.2, 0) is 19.2 Å². The smallest absolute Gasteiger partial charge is 0.242 e. The van der Waals surface area contributed by atoms with Crippen LogP contribution >= 0.6 is 0 Å². The molecule has 0 unspecified atom stereocenters. The van der Waals surface area contributed by atoms with Crippen LogP contribution in [0.25, 0.3) is 0 Å². The van der Waals surface area contributed by atoms with Gasteiger partial charge in [0.2, 0.25) is 11.8 Å². The van der Waals surface area contributed by atoms with E-state index in [0.29, 0.717) is 48.0 Å². The molecule has 2 aliphatic rings. The third kappa shape index (κ3) is 5.88. The number of carbonyl (C=O) groups is 4. The topological polar surface area (TPSA) is 104 Å². The van der Waals surface area contributed by atoms with Gasteiger partial charge in [-0.25, -0.2) is 0 Å². The van der Waals surface area contributed by atoms with E-state index in [1.165, 1.54) is 0 Å². The van der Waals surface area contributed by atoms with E-state index >= 15 is 0 Å². The van der Waals surface area contributed by atoms with Crippen LogP contribution in [0.1, 0.15) is 73.1 Å². The lowest BCUT2D eigenvalue weighted by molar-refractivity contribution is -0.130. The first kappa shape index (κ1) is 24.0. The van der Waals surface area contributed by atoms with E-state index in [9.17, 15) is 19.2 Å². The summed E-state index contributed by atoms with van der Waals surface area (Å²) in [5.41, 5.74) is 2.14. The van der Waals surface area contributed by atoms with Gasteiger partial charge in [-0.2, -0.15) is 0 Å². The Labute approximate surface area is 179 Å². The predicted molar refractivity (Wildman–Crippen MR) is 116 cm³/mol. The molecule has 1 saturated heterocycles. The summed E-state index contributed by atoms with van der Waals surface area (Å²) in [6.07, 6.45) is 4.04. The summed E-state index contributed by atoms with van der Waals surface area (Å²) in [4.78, 5) is 49.9. The summed E-state index contributed by atoms with van der Waals surface area (Å²) in [6.45, 7) is 9.67. The molecule has 0 spiro atoms. The number of ketones is 2. The van der Waals surface area contributed by atoms with E-state index in [1.54, 1.807) is 20.8 Å². The Kier molecular flexibility index (Phi) is 8.53. The van der Waals surface area contributed by atoms with Crippen molar-refractivity contribution < 1.29 is 19.2 Å². The Hall–Kier alpha value is -2.28. The van der Waals surface area contributed by atoms with Crippen LogP contribution in [0.15, 0.2) is 22.3 Å². The van der Waals surface area contributed by atoms with Gasteiger partial charge in [-0.3, -0.25) is 19.2 Å². The van der Waals surface area contributed by atoms with Gasteiger partial charge < -0.3 is 16.0 Å². The van der Waals surface area contributed by atoms with Crippen LogP contribution in [-0.4, -0.2) is 48.1 Å². The molecule has 0 aromatic carbocycles. The van der Waals surface area contributed by atoms with Gasteiger partial charge in [-0.05, 0) is 73.3 Å². The molecule has 2 atom stereocenters. The molecule has 166 valence electrons. The highest BCUT2D eigenvalue weighted by molar-refractivity contribution is 6.24. The first-order valence-corrected chi connectivity index (χ1v) is 10.9. The van der Waals surface area contributed by atoms with Gasteiger partial charge in [0.15, 0.2) is 11.6 Å². The van der Waals surface area contributed by atoms with E-state index in [0.717, 1.165) is 19.4 Å². The van der Waals surface area contributed by atoms with E-state index in [2.05, 4.69) is 16.0 Å². The minimum Gasteiger partial charge on any atom is -0.352 e. The second kappa shape index (κ2) is 10.7. The maximum Gasteiger partial charge on any atom is 0.242 e. The molecule has 7 heteroatoms. The summed E-state index contributed by atoms with van der Waals surface area (Å²) in [7, 11) is 0. The van der Waals surface area contributed by atoms with Crippen molar-refractivity contribution in [3.8, 4) is 0 Å². The molecule has 7 nitrogen and oxygen atoms in total. The number of Topliss-reactive ketones (excluding diaryl/α,β-unsaturated/α-hetero) is 2. The van der Waals surface area contributed by atoms with Crippen LogP contribution in [0.5, 0.6) is 0 Å². The lowest BCUT2D eigenvalue weighted by atomic mass is 9.84. The highest BCUT2D eigenvalue weighted by atomic mass is 16.2. The average molecular weight is 418 g/mol. The first-order valence-electron chi connectivity index (χ1n) is 10.9. The van der Waals surface area contributed by atoms with Crippen LogP contribution in [0.2, 0.25) is 0 Å². The van der Waals surface area contributed by atoms with E-state index < -0.39 is 6.04 Å². The Morgan fingerprint density at radius 3 is 2.27 bits per heavy atom. The normalized spacial score (nSPS) is 20.8. The zero-order valence-corrected chi connectivity index (χ0v) is 18.8. The van der Waals surface area contributed by atoms with Crippen molar-refractivity contribution in [1.82, 2.24) is 16.0 Å². The van der Waals surface area contributed by atoms with Crippen molar-refractivity contribution in [2.24, 2.45) is 0 Å². The van der Waals surface area contributed by atoms with Gasteiger partial charge in [0.05, 0.1) is 6.04 Å². The Morgan fingerprint density at radius 1 is 1.00 bits per heavy atom. The van der Waals surface area contributed by atoms with Gasteiger partial charge >= 0.3 is 0 Å². The molecular weight excluding hydrogens is 382 g/mol. The van der Waals surface area contributed by atoms with Gasteiger partial charge in [-0.1, -0.05) is 6.42 Å². The highest BCUT2D eigenvalue weighted by Gasteiger charge is 2.29. The third-order valence-corrected chi connectivity index (χ3v) is 5.92. The molecule has 0 aromatic heterocycles. The summed E-state index contributed by atoms with van der Waals surface area (Å²) < 4.78 is 0. The predicted octanol–water partition coefficient (Wildman–Crippen LogP) is 2.11. The number of hydrogen-bond acceptors (Lipinski definition) is 5. The minimum absolute atomic E-state index is 0.0156. The van der Waals surface area contributed by atoms with Crippen molar-refractivity contribution in [2.75, 3.05) is 6.54 Å². The van der Waals surface area contributed by atoms with Gasteiger partial charge in [-0.15, -0.1) is 0 Å². The van der Waals surface area contributed by atoms with Gasteiger partial charge in [0.1, 0.15) is 6.04 Å². The molecule has 2 amide bonds. The molecule has 1 aliphatic carbocycles. The summed E-state index contributed by atoms with van der Waals surface area (Å²) >= 11 is 0. The standard InChI is InChI=1S/C23H35N3O4/c1-13(2)25-23(30)19(26-22(29)18-11-8-12-24-18)10-7-6-9-17-16(5)20(27)14(3)15(4)21(17)28/h13,18-19,24H,6-12H2,1-5H3,(H,25,30)(H,26,29)/t18-,19-/m0/s1. The number of hydrogen-bond donors (Lipinski definition) is 3. The largest absolute Gasteiger partial charge is 0.352 e. The fourth-order valence-electron chi connectivity index (χ4n) is 3.94. The molecule has 0 saturated carbocycles.